The SMILES string of the molecule is Br.CC(C)(C)OC[C@@H]1C(=O)Nc2nc(-c3ccc(F)cc3)c(-c3ccncc3)n21.CC(C)(C)OC[C@H]1N=C(N)NC1=O.CCCC.CCN(C(C)C)C(C)C.COC(=O)[C@H](N)COC(C)(C)C.Cl.N=C(N)SOOO.O=C(c1ccncc1)C(Br)c1ccc(F)cc1.O=CO[O-].[H-].[K+].[K+]. The monoisotopic (exact) mass is 1600 g/mol. The van der Waals surface area contributed by atoms with E-state index in [4.69, 9.17) is 52.1 Å². The van der Waals surface area contributed by atoms with Crippen LogP contribution in [0.2, 0.25) is 0 Å². The molecule has 0 radical (unpaired) electrons. The fourth-order valence-electron chi connectivity index (χ4n) is 7.50. The van der Waals surface area contributed by atoms with Crippen LogP contribution >= 0.6 is 57.4 Å². The van der Waals surface area contributed by atoms with Crippen molar-refractivity contribution in [1.29, 1.82) is 5.41 Å². The molecule has 4 atom stereocenters. The summed E-state index contributed by atoms with van der Waals surface area (Å²) in [4.78, 5) is 76.3. The Morgan fingerprint density at radius 3 is 1.62 bits per heavy atom. The topological polar surface area (TPSA) is 378 Å². The van der Waals surface area contributed by atoms with E-state index in [1.54, 1.807) is 61.2 Å². The molecule has 0 saturated carbocycles. The molecule has 542 valence electrons. The Kier molecular flexibility index (Phi) is 58.4. The number of pyridine rings is 2. The Balaban J connectivity index is -0.000000268. The van der Waals surface area contributed by atoms with Crippen molar-refractivity contribution in [3.8, 4) is 22.5 Å². The van der Waals surface area contributed by atoms with Gasteiger partial charge in [0.05, 0.1) is 55.1 Å². The van der Waals surface area contributed by atoms with Crippen LogP contribution in [0.4, 0.5) is 14.7 Å². The van der Waals surface area contributed by atoms with E-state index in [1.165, 1.54) is 44.2 Å². The number of aliphatic imine (C=N–C) groups is 1. The standard InChI is InChI=1S/C21H21FN4O2.C13H9BrFNO.C8H15N3O2.C8H17NO3.C8H19N.C4H10.CH4N2O3S.CH2O3.BrH.ClH.2K.H/c1-21(2,3)28-12-16-19(27)25-20-24-17(13-4-6-15(22)7-5-13)18(26(16)20)14-8-10-23-11-9-14;14-12(9-1-3-11(15)4-2-9)13(17)10-5-7-16-8-6-10;1-8(2,3)13-4-5-6(12)11-7(9)10-5;1-8(2,3)12-5-6(9)7(10)11-4;1-6-9(7(2)3)8(4)5;1-3-4-2;2-1(3)7-6-5-4;2-1-4-3;;;;;/h4-11,16H,12H2,1-3H3,(H,24,25,27);1-8,12H;5H,4H2,1-3H3,(H3,9,10,11,12);6H,5,9H2,1-4H3;7-8H,6H2,1-5H3;3-4H2,1-2H3;4H,(H3,2,3);1,3H;2*1H;;;/q;;;;;;;;;;2*+1;-1/p-1/t16-;;5-;6-;;;;;;;;;/m1.11........./s1. The van der Waals surface area contributed by atoms with E-state index in [0.29, 0.717) is 41.3 Å². The van der Waals surface area contributed by atoms with E-state index in [0.717, 1.165) is 28.9 Å². The van der Waals surface area contributed by atoms with Gasteiger partial charge in [-0.3, -0.25) is 59.5 Å². The number of amides is 2. The zero-order valence-corrected chi connectivity index (χ0v) is 70.7. The van der Waals surface area contributed by atoms with E-state index in [9.17, 15) is 28.0 Å². The molecule has 10 N–H and O–H groups in total. The number of Topliss-reactive ketones (excluding diaryl/α,β-unsaturated/α-hetero) is 1. The predicted molar refractivity (Wildman–Crippen MR) is 379 cm³/mol. The number of nitrogens with zero attached hydrogens (tertiary/aromatic N) is 6. The Morgan fingerprint density at radius 1 is 0.796 bits per heavy atom. The van der Waals surface area contributed by atoms with Crippen molar-refractivity contribution in [2.45, 2.75) is 175 Å². The van der Waals surface area contributed by atoms with Gasteiger partial charge in [-0.25, -0.2) is 24.0 Å². The molecule has 3 aromatic heterocycles. The number of esters is 1. The second-order valence-electron chi connectivity index (χ2n) is 23.5. The maximum absolute atomic E-state index is 13.4. The first kappa shape index (κ1) is 103. The maximum Gasteiger partial charge on any atom is 1.00 e. The normalized spacial score (nSPS) is 13.7. The average molecular weight is 1600 g/mol. The number of ether oxygens (including phenoxy) is 4. The number of halogens is 5. The van der Waals surface area contributed by atoms with E-state index in [-0.39, 0.29) is 217 Å². The van der Waals surface area contributed by atoms with Crippen LogP contribution in [-0.2, 0) is 52.4 Å². The molecule has 0 fully saturated rings. The molecule has 26 nitrogen and oxygen atoms in total. The summed E-state index contributed by atoms with van der Waals surface area (Å²) in [6.45, 7) is 34.5. The van der Waals surface area contributed by atoms with Gasteiger partial charge in [-0.15, -0.1) is 33.7 Å². The molecule has 34 heteroatoms. The molecule has 7 rings (SSSR count). The van der Waals surface area contributed by atoms with Crippen molar-refractivity contribution >= 4 is 104 Å². The van der Waals surface area contributed by atoms with Gasteiger partial charge >= 0.3 is 109 Å². The summed E-state index contributed by atoms with van der Waals surface area (Å²) in [6.07, 6.45) is 9.15. The number of guanidine groups is 1. The number of alkyl halides is 1. The minimum Gasteiger partial charge on any atom is -1.00 e. The van der Waals surface area contributed by atoms with Gasteiger partial charge in [-0.2, -0.15) is 0 Å². The molecule has 0 aliphatic carbocycles. The third kappa shape index (κ3) is 44.4. The van der Waals surface area contributed by atoms with Crippen molar-refractivity contribution in [1.82, 2.24) is 29.7 Å². The van der Waals surface area contributed by atoms with Crippen LogP contribution < -0.4 is 136 Å². The number of methoxy groups -OCH3 is 1. The summed E-state index contributed by atoms with van der Waals surface area (Å²) in [6, 6.07) is 18.7. The quantitative estimate of drug-likeness (QED) is 0.00549. The number of ketones is 1. The van der Waals surface area contributed by atoms with Crippen LogP contribution in [0.5, 0.6) is 0 Å². The van der Waals surface area contributed by atoms with Crippen molar-refractivity contribution in [3.05, 3.63) is 120 Å². The van der Waals surface area contributed by atoms with E-state index in [1.807, 2.05) is 79.0 Å². The number of benzene rings is 2. The van der Waals surface area contributed by atoms with Crippen LogP contribution in [0, 0.1) is 17.0 Å². The van der Waals surface area contributed by atoms with E-state index >= 15 is 0 Å². The number of nitrogens with two attached hydrogens (primary N) is 3. The zero-order chi connectivity index (χ0) is 71.9. The number of nitrogens with one attached hydrogen (secondary N) is 3. The minimum absolute atomic E-state index is 0. The third-order valence-electron chi connectivity index (χ3n) is 12.0. The van der Waals surface area contributed by atoms with E-state index < -0.39 is 28.9 Å². The number of unbranched alkanes of at least 4 members (excludes halogenated alkanes) is 1. The van der Waals surface area contributed by atoms with Crippen LogP contribution in [-0.4, -0.2) is 145 Å². The molecule has 2 aliphatic rings. The second kappa shape index (κ2) is 55.4. The number of hydrogen-bond donors (Lipinski definition) is 7. The largest absolute Gasteiger partial charge is 1.00 e. The molecule has 5 aromatic rings. The Hall–Kier alpha value is -3.19. The summed E-state index contributed by atoms with van der Waals surface area (Å²) >= 11 is 3.74. The number of aromatic nitrogens is 4. The Morgan fingerprint density at radius 2 is 1.26 bits per heavy atom. The van der Waals surface area contributed by atoms with Crippen LogP contribution in [0.15, 0.2) is 103 Å². The van der Waals surface area contributed by atoms with Gasteiger partial charge in [-0.05, 0) is 163 Å². The molecule has 2 amide bonds. The molecule has 2 aromatic carbocycles. The third-order valence-corrected chi connectivity index (χ3v) is 13.2. The molecular weight excluding hydrogens is 1500 g/mol. The van der Waals surface area contributed by atoms with Gasteiger partial charge < -0.3 is 47.7 Å². The zero-order valence-electron chi connectivity index (χ0n) is 60.6. The summed E-state index contributed by atoms with van der Waals surface area (Å²) < 4.78 is 52.8. The number of fused-ring (bicyclic) bond motifs is 1. The average Bonchev–Trinajstić information content (AvgIpc) is 1.59. The van der Waals surface area contributed by atoms with E-state index in [2.05, 4.69) is 119 Å². The number of carbonyl (C=O) groups excluding carboxylic acids is 5. The molecule has 0 spiro atoms. The minimum atomic E-state index is -0.686. The summed E-state index contributed by atoms with van der Waals surface area (Å²) in [7, 11) is 1.30. The summed E-state index contributed by atoms with van der Waals surface area (Å²) in [5.41, 5.74) is 18.9. The summed E-state index contributed by atoms with van der Waals surface area (Å²) in [5, 5.41) is 30.3. The molecule has 0 bridgehead atoms. The van der Waals surface area contributed by atoms with Gasteiger partial charge in [0.2, 0.25) is 5.95 Å². The number of imidazole rings is 1. The second-order valence-corrected chi connectivity index (χ2v) is 25.1. The first-order valence-corrected chi connectivity index (χ1v) is 31.4. The van der Waals surface area contributed by atoms with Crippen molar-refractivity contribution in [2.75, 3.05) is 38.8 Å². The Bertz CT molecular complexity index is 3050. The number of amidine groups is 1. The number of carbonyl (C=O) groups is 5. The number of anilines is 1. The fraction of sp³-hybridized carbons (Fsp3) is 0.500. The number of hydrogen-bond acceptors (Lipinski definition) is 23. The van der Waals surface area contributed by atoms with Gasteiger partial charge in [0.1, 0.15) is 40.6 Å². The summed E-state index contributed by atoms with van der Waals surface area (Å²) in [5.74, 6) is -0.866. The van der Waals surface area contributed by atoms with Crippen LogP contribution in [0.1, 0.15) is 152 Å². The van der Waals surface area contributed by atoms with Crippen LogP contribution in [0.3, 0.4) is 0 Å². The van der Waals surface area contributed by atoms with Gasteiger partial charge in [0.15, 0.2) is 23.0 Å². The fourth-order valence-corrected chi connectivity index (χ4v) is 8.18. The van der Waals surface area contributed by atoms with Crippen molar-refractivity contribution < 1.29 is 181 Å². The van der Waals surface area contributed by atoms with Crippen LogP contribution in [0.25, 0.3) is 22.5 Å². The van der Waals surface area contributed by atoms with Gasteiger partial charge in [-0.1, -0.05) is 66.7 Å². The Labute approximate surface area is 691 Å². The maximum atomic E-state index is 13.4. The predicted octanol–water partition coefficient (Wildman–Crippen LogP) is 4.95. The molecular formula is C64H99Br2ClF2K2N12O14S. The van der Waals surface area contributed by atoms with Crippen molar-refractivity contribution in [2.24, 2.45) is 22.2 Å². The van der Waals surface area contributed by atoms with Gasteiger partial charge in [0, 0.05) is 53.6 Å². The molecule has 1 unspecified atom stereocenters. The molecule has 98 heavy (non-hydrogen) atoms. The number of rotatable bonds is 19. The first-order chi connectivity index (χ1) is 44.0. The molecule has 2 aliphatic heterocycles. The smallest absolute Gasteiger partial charge is 1.00 e. The molecule has 0 saturated heterocycles. The van der Waals surface area contributed by atoms with Gasteiger partial charge in [0.25, 0.3) is 18.3 Å². The molecule has 5 heterocycles. The van der Waals surface area contributed by atoms with Crippen molar-refractivity contribution in [3.63, 3.8) is 0 Å². The first-order valence-electron chi connectivity index (χ1n) is 29.8.